The van der Waals surface area contributed by atoms with Crippen LogP contribution in [0, 0.1) is 11.8 Å². The lowest BCUT2D eigenvalue weighted by atomic mass is 9.77. The number of nitrogens with one attached hydrogen (secondary N) is 1. The molecule has 2 aliphatic rings. The van der Waals surface area contributed by atoms with E-state index < -0.39 is 0 Å². The molecule has 2 unspecified atom stereocenters. The van der Waals surface area contributed by atoms with Crippen LogP contribution in [0.25, 0.3) is 0 Å². The van der Waals surface area contributed by atoms with E-state index in [0.29, 0.717) is 12.0 Å². The Morgan fingerprint density at radius 1 is 1.15 bits per heavy atom. The van der Waals surface area contributed by atoms with Gasteiger partial charge in [0, 0.05) is 24.7 Å². The SMILES string of the molecule is CC(C)CC(C)C(NN)C1(N2CCOCC2)CCCC1. The summed E-state index contributed by atoms with van der Waals surface area (Å²) in [6.45, 7) is 10.8. The van der Waals surface area contributed by atoms with E-state index in [2.05, 4.69) is 31.1 Å². The summed E-state index contributed by atoms with van der Waals surface area (Å²) in [5.74, 6) is 7.35. The molecule has 0 aromatic rings. The number of hydrogen-bond donors (Lipinski definition) is 2. The fourth-order valence-corrected chi connectivity index (χ4v) is 4.55. The molecule has 2 rings (SSSR count). The second-order valence-electron chi connectivity index (χ2n) is 7.16. The van der Waals surface area contributed by atoms with Gasteiger partial charge in [0.05, 0.1) is 13.2 Å². The first-order chi connectivity index (χ1) is 9.60. The average Bonchev–Trinajstić information content (AvgIpc) is 2.90. The molecule has 3 N–H and O–H groups in total. The van der Waals surface area contributed by atoms with Crippen molar-refractivity contribution in [1.82, 2.24) is 10.3 Å². The third kappa shape index (κ3) is 3.35. The van der Waals surface area contributed by atoms with E-state index in [1.807, 2.05) is 0 Å². The highest BCUT2D eigenvalue weighted by atomic mass is 16.5. The maximum Gasteiger partial charge on any atom is 0.0594 e. The first-order valence-electron chi connectivity index (χ1n) is 8.39. The first-order valence-corrected chi connectivity index (χ1v) is 8.39. The van der Waals surface area contributed by atoms with E-state index >= 15 is 0 Å². The Labute approximate surface area is 124 Å². The zero-order chi connectivity index (χ0) is 14.6. The van der Waals surface area contributed by atoms with Crippen molar-refractivity contribution >= 4 is 0 Å². The predicted octanol–water partition coefficient (Wildman–Crippen LogP) is 2.15. The van der Waals surface area contributed by atoms with Gasteiger partial charge >= 0.3 is 0 Å². The molecule has 1 saturated carbocycles. The number of ether oxygens (including phenoxy) is 1. The number of hydrogen-bond acceptors (Lipinski definition) is 4. The van der Waals surface area contributed by atoms with Crippen LogP contribution in [0.1, 0.15) is 52.9 Å². The second-order valence-corrected chi connectivity index (χ2v) is 7.16. The lowest BCUT2D eigenvalue weighted by Crippen LogP contribution is -2.65. The highest BCUT2D eigenvalue weighted by molar-refractivity contribution is 5.05. The van der Waals surface area contributed by atoms with E-state index in [9.17, 15) is 0 Å². The van der Waals surface area contributed by atoms with Gasteiger partial charge in [0.15, 0.2) is 0 Å². The summed E-state index contributed by atoms with van der Waals surface area (Å²) >= 11 is 0. The lowest BCUT2D eigenvalue weighted by molar-refractivity contribution is -0.0449. The van der Waals surface area contributed by atoms with E-state index in [0.717, 1.165) is 32.2 Å². The van der Waals surface area contributed by atoms with Crippen molar-refractivity contribution in [3.8, 4) is 0 Å². The first kappa shape index (κ1) is 16.2. The fourth-order valence-electron chi connectivity index (χ4n) is 4.55. The Balaban J connectivity index is 2.15. The molecule has 0 amide bonds. The van der Waals surface area contributed by atoms with Crippen LogP contribution in [0.3, 0.4) is 0 Å². The summed E-state index contributed by atoms with van der Waals surface area (Å²) < 4.78 is 5.55. The Bertz CT molecular complexity index is 283. The second kappa shape index (κ2) is 7.21. The molecule has 1 saturated heterocycles. The van der Waals surface area contributed by atoms with Crippen LogP contribution in [0.5, 0.6) is 0 Å². The van der Waals surface area contributed by atoms with E-state index in [4.69, 9.17) is 10.6 Å². The van der Waals surface area contributed by atoms with Gasteiger partial charge in [0.25, 0.3) is 0 Å². The third-order valence-electron chi connectivity index (χ3n) is 5.28. The summed E-state index contributed by atoms with van der Waals surface area (Å²) in [5, 5.41) is 0. The van der Waals surface area contributed by atoms with Crippen molar-refractivity contribution in [3.63, 3.8) is 0 Å². The minimum Gasteiger partial charge on any atom is -0.379 e. The quantitative estimate of drug-likeness (QED) is 0.579. The lowest BCUT2D eigenvalue weighted by Gasteiger charge is -2.50. The van der Waals surface area contributed by atoms with Crippen LogP contribution >= 0.6 is 0 Å². The summed E-state index contributed by atoms with van der Waals surface area (Å²) in [7, 11) is 0. The zero-order valence-corrected chi connectivity index (χ0v) is 13.5. The van der Waals surface area contributed by atoms with Gasteiger partial charge in [0.1, 0.15) is 0 Å². The Kier molecular flexibility index (Phi) is 5.84. The van der Waals surface area contributed by atoms with Crippen molar-refractivity contribution in [2.45, 2.75) is 64.5 Å². The molecule has 20 heavy (non-hydrogen) atoms. The van der Waals surface area contributed by atoms with Crippen LogP contribution in [-0.4, -0.2) is 42.8 Å². The van der Waals surface area contributed by atoms with Crippen molar-refractivity contribution in [2.24, 2.45) is 17.7 Å². The van der Waals surface area contributed by atoms with Gasteiger partial charge in [-0.25, -0.2) is 0 Å². The monoisotopic (exact) mass is 283 g/mol. The molecule has 0 spiro atoms. The summed E-state index contributed by atoms with van der Waals surface area (Å²) in [6.07, 6.45) is 6.48. The topological polar surface area (TPSA) is 50.5 Å². The van der Waals surface area contributed by atoms with E-state index in [1.165, 1.54) is 32.1 Å². The van der Waals surface area contributed by atoms with Gasteiger partial charge in [-0.05, 0) is 31.1 Å². The fraction of sp³-hybridized carbons (Fsp3) is 1.00. The summed E-state index contributed by atoms with van der Waals surface area (Å²) in [6, 6.07) is 0.394. The third-order valence-corrected chi connectivity index (χ3v) is 5.28. The van der Waals surface area contributed by atoms with Gasteiger partial charge in [-0.15, -0.1) is 0 Å². The van der Waals surface area contributed by atoms with E-state index in [-0.39, 0.29) is 5.54 Å². The van der Waals surface area contributed by atoms with E-state index in [1.54, 1.807) is 0 Å². The van der Waals surface area contributed by atoms with Gasteiger partial charge in [-0.1, -0.05) is 33.6 Å². The highest BCUT2D eigenvalue weighted by Crippen LogP contribution is 2.41. The van der Waals surface area contributed by atoms with Crippen LogP contribution < -0.4 is 11.3 Å². The zero-order valence-electron chi connectivity index (χ0n) is 13.5. The highest BCUT2D eigenvalue weighted by Gasteiger charge is 2.47. The predicted molar refractivity (Wildman–Crippen MR) is 83.3 cm³/mol. The van der Waals surface area contributed by atoms with Crippen LogP contribution in [0.4, 0.5) is 0 Å². The van der Waals surface area contributed by atoms with Crippen LogP contribution in [0.2, 0.25) is 0 Å². The molecule has 4 nitrogen and oxygen atoms in total. The minimum atomic E-state index is 0.257. The van der Waals surface area contributed by atoms with Gasteiger partial charge in [-0.3, -0.25) is 16.2 Å². The van der Waals surface area contributed by atoms with Crippen LogP contribution in [-0.2, 0) is 4.74 Å². The standard InChI is InChI=1S/C16H33N3O/c1-13(2)12-14(3)15(18-17)16(6-4-5-7-16)19-8-10-20-11-9-19/h13-15,18H,4-12,17H2,1-3H3. The molecular weight excluding hydrogens is 250 g/mol. The molecule has 2 atom stereocenters. The average molecular weight is 283 g/mol. The number of nitrogens with zero attached hydrogens (tertiary/aromatic N) is 1. The van der Waals surface area contributed by atoms with Crippen molar-refractivity contribution in [3.05, 3.63) is 0 Å². The molecule has 1 aliphatic carbocycles. The molecule has 1 heterocycles. The maximum absolute atomic E-state index is 6.01. The number of rotatable bonds is 6. The Morgan fingerprint density at radius 3 is 2.25 bits per heavy atom. The largest absolute Gasteiger partial charge is 0.379 e. The summed E-state index contributed by atoms with van der Waals surface area (Å²) in [4.78, 5) is 2.67. The molecule has 0 aromatic heterocycles. The molecule has 0 aromatic carbocycles. The smallest absolute Gasteiger partial charge is 0.0594 e. The van der Waals surface area contributed by atoms with Crippen molar-refractivity contribution < 1.29 is 4.74 Å². The maximum atomic E-state index is 6.01. The van der Waals surface area contributed by atoms with Gasteiger partial charge < -0.3 is 4.74 Å². The number of hydrazine groups is 1. The van der Waals surface area contributed by atoms with Crippen molar-refractivity contribution in [2.75, 3.05) is 26.3 Å². The Hall–Kier alpha value is -0.160. The molecule has 118 valence electrons. The van der Waals surface area contributed by atoms with Gasteiger partial charge in [-0.2, -0.15) is 0 Å². The number of morpholine rings is 1. The molecule has 2 fully saturated rings. The molecule has 0 radical (unpaired) electrons. The molecular formula is C16H33N3O. The summed E-state index contributed by atoms with van der Waals surface area (Å²) in [5.41, 5.74) is 3.46. The van der Waals surface area contributed by atoms with Gasteiger partial charge in [0.2, 0.25) is 0 Å². The normalized spacial score (nSPS) is 26.9. The Morgan fingerprint density at radius 2 is 1.75 bits per heavy atom. The van der Waals surface area contributed by atoms with Crippen LogP contribution in [0.15, 0.2) is 0 Å². The molecule has 4 heteroatoms. The molecule has 0 bridgehead atoms. The minimum absolute atomic E-state index is 0.257. The molecule has 1 aliphatic heterocycles. The number of nitrogens with two attached hydrogens (primary N) is 1. The van der Waals surface area contributed by atoms with Crippen molar-refractivity contribution in [1.29, 1.82) is 0 Å².